The summed E-state index contributed by atoms with van der Waals surface area (Å²) in [4.78, 5) is 10.8. The van der Waals surface area contributed by atoms with E-state index in [4.69, 9.17) is 0 Å². The molecule has 0 atom stereocenters. The highest BCUT2D eigenvalue weighted by Crippen LogP contribution is 2.35. The minimum atomic E-state index is 0.660. The van der Waals surface area contributed by atoms with Crippen LogP contribution in [0.15, 0.2) is 41.3 Å². The molecular weight excluding hydrogens is 214 g/mol. The number of anilines is 1. The maximum absolute atomic E-state index is 4.32. The molecule has 0 N–H and O–H groups in total. The number of aromatic nitrogens is 3. The van der Waals surface area contributed by atoms with Crippen molar-refractivity contribution in [2.24, 2.45) is 4.99 Å². The zero-order chi connectivity index (χ0) is 11.2. The van der Waals surface area contributed by atoms with E-state index >= 15 is 0 Å². The Morgan fingerprint density at radius 2 is 2.12 bits per heavy atom. The van der Waals surface area contributed by atoms with Crippen LogP contribution in [0.3, 0.4) is 0 Å². The second-order valence-corrected chi connectivity index (χ2v) is 3.98. The lowest BCUT2D eigenvalue weighted by Gasteiger charge is -2.18. The number of fused-ring (bicyclic) bond motifs is 5. The van der Waals surface area contributed by atoms with Gasteiger partial charge in [0.1, 0.15) is 13.0 Å². The average molecular weight is 223 g/mol. The molecule has 0 bridgehead atoms. The summed E-state index contributed by atoms with van der Waals surface area (Å²) >= 11 is 0. The Hall–Kier alpha value is -2.43. The summed E-state index contributed by atoms with van der Waals surface area (Å²) in [6.45, 7) is 0.660. The summed E-state index contributed by atoms with van der Waals surface area (Å²) in [6.07, 6.45) is 5.40. The Bertz CT molecular complexity index is 652. The molecule has 2 aliphatic heterocycles. The van der Waals surface area contributed by atoms with Crippen LogP contribution < -0.4 is 4.90 Å². The molecule has 0 spiro atoms. The molecule has 82 valence electrons. The van der Waals surface area contributed by atoms with Crippen molar-refractivity contribution in [3.63, 3.8) is 0 Å². The van der Waals surface area contributed by atoms with Gasteiger partial charge in [0, 0.05) is 11.8 Å². The Morgan fingerprint density at radius 1 is 1.18 bits per heavy atom. The molecule has 0 amide bonds. The van der Waals surface area contributed by atoms with Crippen LogP contribution in [-0.4, -0.2) is 27.6 Å². The van der Waals surface area contributed by atoms with Crippen LogP contribution in [0.1, 0.15) is 0 Å². The van der Waals surface area contributed by atoms with E-state index in [9.17, 15) is 0 Å². The Labute approximate surface area is 97.7 Å². The molecule has 1 aromatic carbocycles. The van der Waals surface area contributed by atoms with E-state index < -0.39 is 0 Å². The second-order valence-electron chi connectivity index (χ2n) is 3.98. The Kier molecular flexibility index (Phi) is 1.55. The Balaban J connectivity index is 2.09. The van der Waals surface area contributed by atoms with Gasteiger partial charge in [-0.1, -0.05) is 12.1 Å². The van der Waals surface area contributed by atoms with E-state index in [-0.39, 0.29) is 0 Å². The molecular formula is C12H9N5. The van der Waals surface area contributed by atoms with E-state index in [1.54, 1.807) is 11.0 Å². The summed E-state index contributed by atoms with van der Waals surface area (Å²) in [6, 6.07) is 8.19. The van der Waals surface area contributed by atoms with Crippen molar-refractivity contribution in [2.75, 3.05) is 11.6 Å². The largest absolute Gasteiger partial charge is 0.318 e. The van der Waals surface area contributed by atoms with Gasteiger partial charge in [-0.3, -0.25) is 4.99 Å². The fourth-order valence-corrected chi connectivity index (χ4v) is 2.25. The number of benzene rings is 1. The average Bonchev–Trinajstić information content (AvgIpc) is 2.97. The van der Waals surface area contributed by atoms with Gasteiger partial charge >= 0.3 is 0 Å². The van der Waals surface area contributed by atoms with Gasteiger partial charge in [0.2, 0.25) is 0 Å². The SMILES string of the molecule is C1=NCN2C1=Cn1ncnc1-c1ccccc12. The topological polar surface area (TPSA) is 46.3 Å². The van der Waals surface area contributed by atoms with Gasteiger partial charge in [0.25, 0.3) is 0 Å². The highest BCUT2D eigenvalue weighted by atomic mass is 15.4. The van der Waals surface area contributed by atoms with Gasteiger partial charge in [-0.05, 0) is 12.1 Å². The third-order valence-corrected chi connectivity index (χ3v) is 3.02. The number of hydrogen-bond acceptors (Lipinski definition) is 4. The Morgan fingerprint density at radius 3 is 3.12 bits per heavy atom. The molecule has 2 aromatic rings. The lowest BCUT2D eigenvalue weighted by atomic mass is 10.1. The highest BCUT2D eigenvalue weighted by Gasteiger charge is 2.24. The summed E-state index contributed by atoms with van der Waals surface area (Å²) in [7, 11) is 0. The molecule has 5 heteroatoms. The first-order valence-electron chi connectivity index (χ1n) is 5.41. The van der Waals surface area contributed by atoms with Crippen molar-refractivity contribution in [1.82, 2.24) is 14.8 Å². The highest BCUT2D eigenvalue weighted by molar-refractivity contribution is 5.95. The van der Waals surface area contributed by atoms with Crippen LogP contribution in [0, 0.1) is 0 Å². The first kappa shape index (κ1) is 8.69. The van der Waals surface area contributed by atoms with Crippen molar-refractivity contribution in [3.8, 4) is 11.4 Å². The van der Waals surface area contributed by atoms with Crippen molar-refractivity contribution in [2.45, 2.75) is 0 Å². The zero-order valence-electron chi connectivity index (χ0n) is 8.98. The van der Waals surface area contributed by atoms with Crippen molar-refractivity contribution in [3.05, 3.63) is 36.3 Å². The fraction of sp³-hybridized carbons (Fsp3) is 0.0833. The molecule has 1 aromatic heterocycles. The van der Waals surface area contributed by atoms with Crippen LogP contribution in [0.4, 0.5) is 5.69 Å². The molecule has 0 saturated carbocycles. The molecule has 4 rings (SSSR count). The predicted molar refractivity (Wildman–Crippen MR) is 65.6 cm³/mol. The molecule has 0 fully saturated rings. The summed E-state index contributed by atoms with van der Waals surface area (Å²) in [5.74, 6) is 0.871. The quantitative estimate of drug-likeness (QED) is 0.681. The molecule has 5 nitrogen and oxygen atoms in total. The van der Waals surface area contributed by atoms with Crippen LogP contribution in [-0.2, 0) is 0 Å². The van der Waals surface area contributed by atoms with E-state index in [1.807, 2.05) is 24.5 Å². The maximum atomic E-state index is 4.32. The van der Waals surface area contributed by atoms with Crippen LogP contribution in [0.2, 0.25) is 0 Å². The van der Waals surface area contributed by atoms with Crippen molar-refractivity contribution < 1.29 is 0 Å². The molecule has 0 radical (unpaired) electrons. The molecule has 0 aliphatic carbocycles. The number of nitrogens with zero attached hydrogens (tertiary/aromatic N) is 5. The minimum absolute atomic E-state index is 0.660. The first-order valence-corrected chi connectivity index (χ1v) is 5.41. The minimum Gasteiger partial charge on any atom is -0.318 e. The van der Waals surface area contributed by atoms with E-state index in [0.29, 0.717) is 6.67 Å². The van der Waals surface area contributed by atoms with E-state index in [2.05, 4.69) is 32.1 Å². The van der Waals surface area contributed by atoms with E-state index in [0.717, 1.165) is 22.8 Å². The molecule has 3 heterocycles. The smallest absolute Gasteiger partial charge is 0.164 e. The fourth-order valence-electron chi connectivity index (χ4n) is 2.25. The number of rotatable bonds is 0. The van der Waals surface area contributed by atoms with Gasteiger partial charge in [-0.2, -0.15) is 5.10 Å². The standard InChI is InChI=1S/C12H9N5/c1-2-4-11-10(3-1)12-14-7-15-17(12)6-9-5-13-8-16(9)11/h1-7H,8H2. The lowest BCUT2D eigenvalue weighted by molar-refractivity contribution is 0.938. The third kappa shape index (κ3) is 1.10. The maximum Gasteiger partial charge on any atom is 0.164 e. The van der Waals surface area contributed by atoms with Gasteiger partial charge < -0.3 is 4.90 Å². The number of para-hydroxylation sites is 1. The molecule has 0 saturated heterocycles. The van der Waals surface area contributed by atoms with Gasteiger partial charge in [-0.15, -0.1) is 0 Å². The van der Waals surface area contributed by atoms with Gasteiger partial charge in [0.05, 0.1) is 17.6 Å². The van der Waals surface area contributed by atoms with Crippen LogP contribution in [0.5, 0.6) is 0 Å². The first-order chi connectivity index (χ1) is 8.43. The monoisotopic (exact) mass is 223 g/mol. The normalized spacial score (nSPS) is 16.0. The summed E-state index contributed by atoms with van der Waals surface area (Å²) in [5.41, 5.74) is 3.26. The predicted octanol–water partition coefficient (Wildman–Crippen LogP) is 1.61. The summed E-state index contributed by atoms with van der Waals surface area (Å²) in [5, 5.41) is 4.22. The van der Waals surface area contributed by atoms with Crippen LogP contribution >= 0.6 is 0 Å². The molecule has 17 heavy (non-hydrogen) atoms. The van der Waals surface area contributed by atoms with E-state index in [1.165, 1.54) is 0 Å². The van der Waals surface area contributed by atoms with Crippen molar-refractivity contribution >= 4 is 18.1 Å². The number of aliphatic imine (C=N–C) groups is 1. The second kappa shape index (κ2) is 3.04. The van der Waals surface area contributed by atoms with Gasteiger partial charge in [-0.25, -0.2) is 9.67 Å². The number of hydrogen-bond donors (Lipinski definition) is 0. The van der Waals surface area contributed by atoms with Crippen molar-refractivity contribution in [1.29, 1.82) is 0 Å². The lowest BCUT2D eigenvalue weighted by Crippen LogP contribution is -2.17. The zero-order valence-corrected chi connectivity index (χ0v) is 8.98. The summed E-state index contributed by atoms with van der Waals surface area (Å²) < 4.78 is 1.80. The molecule has 2 aliphatic rings. The number of allylic oxidation sites excluding steroid dienone is 1. The van der Waals surface area contributed by atoms with Crippen LogP contribution in [0.25, 0.3) is 17.6 Å². The van der Waals surface area contributed by atoms with Gasteiger partial charge in [0.15, 0.2) is 5.82 Å². The molecule has 0 unspecified atom stereocenters. The third-order valence-electron chi connectivity index (χ3n) is 3.02.